The van der Waals surface area contributed by atoms with E-state index in [1.807, 2.05) is 24.3 Å². The fraction of sp³-hybridized carbons (Fsp3) is 0.333. The third-order valence-corrected chi connectivity index (χ3v) is 7.65. The number of sulfonamides is 1. The molecule has 10 heteroatoms. The Hall–Kier alpha value is -3.21. The fourth-order valence-corrected chi connectivity index (χ4v) is 4.92. The van der Waals surface area contributed by atoms with Gasteiger partial charge in [0.1, 0.15) is 22.9 Å². The molecule has 1 heterocycles. The number of aliphatic hydroxyl groups is 1. The zero-order chi connectivity index (χ0) is 24.7. The SMILES string of the molecule is COc1ccc(CN(Cc2ccc(OC)cc2)S(=O)(=O)[C@H](C)[C@H](O)c2cnc(OC)cn2)cc1. The highest BCUT2D eigenvalue weighted by atomic mass is 32.2. The van der Waals surface area contributed by atoms with Crippen LogP contribution in [0.2, 0.25) is 0 Å². The normalized spacial score (nSPS) is 13.4. The van der Waals surface area contributed by atoms with Gasteiger partial charge < -0.3 is 19.3 Å². The van der Waals surface area contributed by atoms with E-state index in [1.54, 1.807) is 38.5 Å². The number of aliphatic hydroxyl groups excluding tert-OH is 1. The van der Waals surface area contributed by atoms with Crippen molar-refractivity contribution in [3.05, 3.63) is 77.7 Å². The van der Waals surface area contributed by atoms with Crippen molar-refractivity contribution >= 4 is 10.0 Å². The van der Waals surface area contributed by atoms with E-state index >= 15 is 0 Å². The van der Waals surface area contributed by atoms with Gasteiger partial charge in [-0.3, -0.25) is 4.98 Å². The number of methoxy groups -OCH3 is 3. The topological polar surface area (TPSA) is 111 Å². The van der Waals surface area contributed by atoms with Crippen molar-refractivity contribution in [3.8, 4) is 17.4 Å². The molecule has 34 heavy (non-hydrogen) atoms. The lowest BCUT2D eigenvalue weighted by Crippen LogP contribution is -2.39. The lowest BCUT2D eigenvalue weighted by atomic mass is 10.2. The van der Waals surface area contributed by atoms with Crippen LogP contribution >= 0.6 is 0 Å². The molecule has 0 saturated carbocycles. The van der Waals surface area contributed by atoms with E-state index in [2.05, 4.69) is 9.97 Å². The summed E-state index contributed by atoms with van der Waals surface area (Å²) >= 11 is 0. The molecule has 3 aromatic rings. The first-order valence-corrected chi connectivity index (χ1v) is 12.1. The summed E-state index contributed by atoms with van der Waals surface area (Å²) in [6.07, 6.45) is 1.27. The van der Waals surface area contributed by atoms with Crippen LogP contribution in [0.3, 0.4) is 0 Å². The van der Waals surface area contributed by atoms with Crippen molar-refractivity contribution in [2.24, 2.45) is 0 Å². The van der Waals surface area contributed by atoms with Crippen LogP contribution in [-0.4, -0.2) is 54.4 Å². The minimum absolute atomic E-state index is 0.115. The summed E-state index contributed by atoms with van der Waals surface area (Å²) in [7, 11) is 0.618. The van der Waals surface area contributed by atoms with E-state index < -0.39 is 21.4 Å². The maximum Gasteiger partial charge on any atom is 0.231 e. The Bertz CT molecular complexity index is 1100. The summed E-state index contributed by atoms with van der Waals surface area (Å²) in [5.41, 5.74) is 1.71. The molecule has 182 valence electrons. The van der Waals surface area contributed by atoms with Crippen molar-refractivity contribution in [2.45, 2.75) is 31.4 Å². The largest absolute Gasteiger partial charge is 0.497 e. The second-order valence-corrected chi connectivity index (χ2v) is 9.93. The highest BCUT2D eigenvalue weighted by Gasteiger charge is 2.35. The van der Waals surface area contributed by atoms with Gasteiger partial charge in [-0.15, -0.1) is 0 Å². The molecular weight excluding hydrogens is 458 g/mol. The first-order valence-electron chi connectivity index (χ1n) is 10.6. The molecule has 0 spiro atoms. The van der Waals surface area contributed by atoms with Crippen LogP contribution in [0.4, 0.5) is 0 Å². The van der Waals surface area contributed by atoms with Crippen molar-refractivity contribution in [3.63, 3.8) is 0 Å². The predicted molar refractivity (Wildman–Crippen MR) is 127 cm³/mol. The summed E-state index contributed by atoms with van der Waals surface area (Å²) in [4.78, 5) is 8.12. The molecule has 0 aliphatic carbocycles. The zero-order valence-electron chi connectivity index (χ0n) is 19.6. The average Bonchev–Trinajstić information content (AvgIpc) is 2.88. The summed E-state index contributed by atoms with van der Waals surface area (Å²) < 4.78 is 44.1. The minimum atomic E-state index is -3.97. The minimum Gasteiger partial charge on any atom is -0.497 e. The van der Waals surface area contributed by atoms with E-state index in [1.165, 1.54) is 30.7 Å². The van der Waals surface area contributed by atoms with Crippen LogP contribution in [0.1, 0.15) is 29.8 Å². The Morgan fingerprint density at radius 2 is 1.32 bits per heavy atom. The number of nitrogens with zero attached hydrogens (tertiary/aromatic N) is 3. The first-order chi connectivity index (χ1) is 16.3. The smallest absolute Gasteiger partial charge is 0.231 e. The van der Waals surface area contributed by atoms with Gasteiger partial charge in [0.05, 0.1) is 39.4 Å². The highest BCUT2D eigenvalue weighted by molar-refractivity contribution is 7.89. The number of hydrogen-bond acceptors (Lipinski definition) is 8. The summed E-state index contributed by atoms with van der Waals surface area (Å²) in [6.45, 7) is 1.69. The molecule has 2 atom stereocenters. The number of aromatic nitrogens is 2. The molecule has 0 bridgehead atoms. The van der Waals surface area contributed by atoms with Crippen LogP contribution in [0.25, 0.3) is 0 Å². The van der Waals surface area contributed by atoms with Gasteiger partial charge in [0.25, 0.3) is 0 Å². The van der Waals surface area contributed by atoms with E-state index in [9.17, 15) is 13.5 Å². The monoisotopic (exact) mass is 487 g/mol. The van der Waals surface area contributed by atoms with E-state index in [0.29, 0.717) is 11.5 Å². The van der Waals surface area contributed by atoms with Crippen molar-refractivity contribution in [2.75, 3.05) is 21.3 Å². The lowest BCUT2D eigenvalue weighted by molar-refractivity contribution is 0.167. The maximum absolute atomic E-state index is 13.7. The van der Waals surface area contributed by atoms with Gasteiger partial charge in [-0.25, -0.2) is 13.4 Å². The van der Waals surface area contributed by atoms with Gasteiger partial charge in [0.2, 0.25) is 15.9 Å². The number of benzene rings is 2. The van der Waals surface area contributed by atoms with Crippen molar-refractivity contribution in [1.82, 2.24) is 14.3 Å². The molecule has 0 saturated heterocycles. The van der Waals surface area contributed by atoms with E-state index in [0.717, 1.165) is 11.1 Å². The first kappa shape index (κ1) is 25.4. The molecule has 9 nitrogen and oxygen atoms in total. The van der Waals surface area contributed by atoms with E-state index in [4.69, 9.17) is 14.2 Å². The van der Waals surface area contributed by atoms with Crippen LogP contribution < -0.4 is 14.2 Å². The Balaban J connectivity index is 1.90. The maximum atomic E-state index is 13.7. The number of rotatable bonds is 11. The molecule has 0 aliphatic rings. The zero-order valence-corrected chi connectivity index (χ0v) is 20.4. The van der Waals surface area contributed by atoms with Crippen LogP contribution in [-0.2, 0) is 23.1 Å². The van der Waals surface area contributed by atoms with Crippen molar-refractivity contribution in [1.29, 1.82) is 0 Å². The van der Waals surface area contributed by atoms with E-state index in [-0.39, 0.29) is 24.7 Å². The third-order valence-electron chi connectivity index (χ3n) is 5.47. The number of hydrogen-bond donors (Lipinski definition) is 1. The molecular formula is C24H29N3O6S. The van der Waals surface area contributed by atoms with Gasteiger partial charge in [0.15, 0.2) is 0 Å². The standard InChI is InChI=1S/C24H29N3O6S/c1-17(24(28)22-13-26-23(33-4)14-25-22)34(29,30)27(15-18-5-9-20(31-2)10-6-18)16-19-7-11-21(32-3)12-8-19/h5-14,17,24,28H,15-16H2,1-4H3/t17-,24+/m1/s1. The molecule has 0 amide bonds. The summed E-state index contributed by atoms with van der Waals surface area (Å²) in [5.74, 6) is 1.62. The van der Waals surface area contributed by atoms with Gasteiger partial charge in [0, 0.05) is 13.1 Å². The summed E-state index contributed by atoms with van der Waals surface area (Å²) in [5, 5.41) is 9.65. The Morgan fingerprint density at radius 3 is 1.71 bits per heavy atom. The van der Waals surface area contributed by atoms with Crippen LogP contribution in [0.5, 0.6) is 17.4 Å². The van der Waals surface area contributed by atoms with Gasteiger partial charge in [-0.2, -0.15) is 4.31 Å². The molecule has 1 N–H and O–H groups in total. The summed E-state index contributed by atoms with van der Waals surface area (Å²) in [6, 6.07) is 14.3. The molecule has 0 radical (unpaired) electrons. The Labute approximate surface area is 200 Å². The quantitative estimate of drug-likeness (QED) is 0.440. The molecule has 1 aromatic heterocycles. The molecule has 3 rings (SSSR count). The fourth-order valence-electron chi connectivity index (χ4n) is 3.33. The highest BCUT2D eigenvalue weighted by Crippen LogP contribution is 2.27. The second-order valence-electron chi connectivity index (χ2n) is 7.64. The number of ether oxygens (including phenoxy) is 3. The predicted octanol–water partition coefficient (Wildman–Crippen LogP) is 2.96. The van der Waals surface area contributed by atoms with Gasteiger partial charge in [-0.1, -0.05) is 24.3 Å². The molecule has 0 fully saturated rings. The van der Waals surface area contributed by atoms with Gasteiger partial charge in [-0.05, 0) is 42.3 Å². The second kappa shape index (κ2) is 11.3. The van der Waals surface area contributed by atoms with Crippen LogP contribution in [0, 0.1) is 0 Å². The Morgan fingerprint density at radius 1 is 0.824 bits per heavy atom. The molecule has 0 aliphatic heterocycles. The Kier molecular flexibility index (Phi) is 8.43. The lowest BCUT2D eigenvalue weighted by Gasteiger charge is -2.28. The van der Waals surface area contributed by atoms with Crippen LogP contribution in [0.15, 0.2) is 60.9 Å². The van der Waals surface area contributed by atoms with Crippen molar-refractivity contribution < 1.29 is 27.7 Å². The molecule has 0 unspecified atom stereocenters. The third kappa shape index (κ3) is 6.02. The van der Waals surface area contributed by atoms with Gasteiger partial charge >= 0.3 is 0 Å². The average molecular weight is 488 g/mol. The molecule has 2 aromatic carbocycles.